The van der Waals surface area contributed by atoms with Crippen LogP contribution in [0.15, 0.2) is 90.3 Å². The van der Waals surface area contributed by atoms with Crippen molar-refractivity contribution in [3.63, 3.8) is 0 Å². The van der Waals surface area contributed by atoms with Gasteiger partial charge in [-0.25, -0.2) is 4.98 Å². The van der Waals surface area contributed by atoms with Crippen molar-refractivity contribution in [2.24, 2.45) is 18.7 Å². The largest absolute Gasteiger partial charge is 0.392 e. The lowest BCUT2D eigenvalue weighted by molar-refractivity contribution is -0.268. The van der Waals surface area contributed by atoms with Gasteiger partial charge in [-0.05, 0) is 33.9 Å². The number of nitrogens with zero attached hydrogens (tertiary/aromatic N) is 2. The van der Waals surface area contributed by atoms with E-state index < -0.39 is 6.29 Å². The SMILES string of the molecule is C[C@H]1[C@@H](CSc2nccn2C)O[C@@H](c2ccc(-c3cccc(CN)c3)cc2)O[C@H]1c1ccc(CO)cc1. The highest BCUT2D eigenvalue weighted by Crippen LogP contribution is 2.43. The lowest BCUT2D eigenvalue weighted by atomic mass is 9.91. The van der Waals surface area contributed by atoms with Gasteiger partial charge >= 0.3 is 0 Å². The fourth-order valence-electron chi connectivity index (χ4n) is 4.67. The Morgan fingerprint density at radius 2 is 1.70 bits per heavy atom. The number of aliphatic hydroxyl groups excluding tert-OH is 1. The minimum Gasteiger partial charge on any atom is -0.392 e. The van der Waals surface area contributed by atoms with Crippen LogP contribution in [-0.2, 0) is 29.7 Å². The number of thioether (sulfide) groups is 1. The molecule has 1 aromatic heterocycles. The normalized spacial score (nSPS) is 21.7. The Labute approximate surface area is 222 Å². The molecule has 2 heterocycles. The molecule has 37 heavy (non-hydrogen) atoms. The molecule has 3 N–H and O–H groups in total. The van der Waals surface area contributed by atoms with Gasteiger partial charge < -0.3 is 24.9 Å². The number of hydrogen-bond donors (Lipinski definition) is 2. The van der Waals surface area contributed by atoms with Crippen LogP contribution < -0.4 is 5.73 Å². The molecule has 1 fully saturated rings. The van der Waals surface area contributed by atoms with Crippen LogP contribution in [0.25, 0.3) is 11.1 Å². The average molecular weight is 516 g/mol. The summed E-state index contributed by atoms with van der Waals surface area (Å²) in [6.45, 7) is 2.72. The van der Waals surface area contributed by atoms with Gasteiger partial charge in [0.25, 0.3) is 0 Å². The minimum absolute atomic E-state index is 0.0244. The van der Waals surface area contributed by atoms with Crippen LogP contribution in [0.3, 0.4) is 0 Å². The van der Waals surface area contributed by atoms with Gasteiger partial charge in [0.05, 0.1) is 18.8 Å². The van der Waals surface area contributed by atoms with Crippen LogP contribution in [0.2, 0.25) is 0 Å². The summed E-state index contributed by atoms with van der Waals surface area (Å²) in [6, 6.07) is 24.7. The van der Waals surface area contributed by atoms with Crippen LogP contribution in [0, 0.1) is 5.92 Å². The van der Waals surface area contributed by atoms with Crippen molar-refractivity contribution in [2.45, 2.75) is 43.7 Å². The maximum atomic E-state index is 9.47. The van der Waals surface area contributed by atoms with Crippen LogP contribution in [-0.4, -0.2) is 26.5 Å². The molecule has 0 amide bonds. The number of aliphatic hydroxyl groups is 1. The summed E-state index contributed by atoms with van der Waals surface area (Å²) < 4.78 is 15.2. The first-order valence-electron chi connectivity index (χ1n) is 12.6. The second-order valence-electron chi connectivity index (χ2n) is 9.48. The molecular weight excluding hydrogens is 482 g/mol. The maximum absolute atomic E-state index is 9.47. The van der Waals surface area contributed by atoms with Crippen LogP contribution in [0.4, 0.5) is 0 Å². The fraction of sp³-hybridized carbons (Fsp3) is 0.300. The molecule has 7 heteroatoms. The van der Waals surface area contributed by atoms with Gasteiger partial charge in [0.2, 0.25) is 0 Å². The van der Waals surface area contributed by atoms with E-state index in [1.54, 1.807) is 11.8 Å². The Bertz CT molecular complexity index is 1310. The molecule has 0 aliphatic carbocycles. The first-order chi connectivity index (χ1) is 18.1. The number of aromatic nitrogens is 2. The quantitative estimate of drug-likeness (QED) is 0.296. The van der Waals surface area contributed by atoms with Gasteiger partial charge in [-0.3, -0.25) is 0 Å². The summed E-state index contributed by atoms with van der Waals surface area (Å²) in [5, 5.41) is 10.4. The number of ether oxygens (including phenoxy) is 2. The van der Waals surface area contributed by atoms with Crippen LogP contribution in [0.1, 0.15) is 41.6 Å². The van der Waals surface area contributed by atoms with E-state index in [-0.39, 0.29) is 24.7 Å². The molecule has 4 atom stereocenters. The monoisotopic (exact) mass is 515 g/mol. The molecule has 1 saturated heterocycles. The molecule has 5 rings (SSSR count). The van der Waals surface area contributed by atoms with Gasteiger partial charge in [0.1, 0.15) is 0 Å². The third-order valence-electron chi connectivity index (χ3n) is 6.96. The molecule has 3 aromatic carbocycles. The standard InChI is InChI=1S/C30H33N3O3S/c1-20-27(19-37-30-32-14-15-33(30)2)35-29(36-28(20)24-8-6-21(18-34)7-9-24)25-12-10-23(11-13-25)26-5-3-4-22(16-26)17-31/h3-16,20,27-29,34H,17-19,31H2,1-2H3/t20-,27+,28+,29+/m0/s1. The molecule has 0 bridgehead atoms. The number of nitrogens with two attached hydrogens (primary N) is 1. The summed E-state index contributed by atoms with van der Waals surface area (Å²) >= 11 is 1.70. The van der Waals surface area contributed by atoms with Crippen LogP contribution >= 0.6 is 11.8 Å². The lowest BCUT2D eigenvalue weighted by Crippen LogP contribution is -2.38. The van der Waals surface area contributed by atoms with Crippen LogP contribution in [0.5, 0.6) is 0 Å². The zero-order valence-corrected chi connectivity index (χ0v) is 22.0. The maximum Gasteiger partial charge on any atom is 0.184 e. The van der Waals surface area contributed by atoms with E-state index in [0.29, 0.717) is 6.54 Å². The van der Waals surface area contributed by atoms with E-state index in [4.69, 9.17) is 15.2 Å². The Kier molecular flexibility index (Phi) is 8.08. The molecule has 4 aromatic rings. The van der Waals surface area contributed by atoms with Crippen molar-refractivity contribution < 1.29 is 14.6 Å². The molecule has 1 aliphatic rings. The van der Waals surface area contributed by atoms with E-state index >= 15 is 0 Å². The van der Waals surface area contributed by atoms with E-state index in [1.807, 2.05) is 60.4 Å². The highest BCUT2D eigenvalue weighted by atomic mass is 32.2. The third kappa shape index (κ3) is 5.81. The van der Waals surface area contributed by atoms with Gasteiger partial charge in [-0.2, -0.15) is 0 Å². The Morgan fingerprint density at radius 3 is 2.38 bits per heavy atom. The van der Waals surface area contributed by atoms with Crippen molar-refractivity contribution in [3.05, 3.63) is 107 Å². The summed E-state index contributed by atoms with van der Waals surface area (Å²) in [7, 11) is 2.00. The zero-order valence-electron chi connectivity index (χ0n) is 21.2. The van der Waals surface area contributed by atoms with Gasteiger partial charge in [-0.15, -0.1) is 0 Å². The first-order valence-corrected chi connectivity index (χ1v) is 13.5. The molecule has 6 nitrogen and oxygen atoms in total. The van der Waals surface area contributed by atoms with Gasteiger partial charge in [-0.1, -0.05) is 85.4 Å². The topological polar surface area (TPSA) is 82.5 Å². The van der Waals surface area contributed by atoms with Crippen molar-refractivity contribution in [3.8, 4) is 11.1 Å². The van der Waals surface area contributed by atoms with Crippen molar-refractivity contribution >= 4 is 11.8 Å². The number of hydrogen-bond acceptors (Lipinski definition) is 6. The number of imidazole rings is 1. The molecule has 0 radical (unpaired) electrons. The smallest absolute Gasteiger partial charge is 0.184 e. The molecular formula is C30H33N3O3S. The second kappa shape index (κ2) is 11.6. The van der Waals surface area contributed by atoms with E-state index in [0.717, 1.165) is 44.3 Å². The third-order valence-corrected chi connectivity index (χ3v) is 8.10. The highest BCUT2D eigenvalue weighted by Gasteiger charge is 2.38. The second-order valence-corrected chi connectivity index (χ2v) is 10.5. The first kappa shape index (κ1) is 25.7. The summed E-state index contributed by atoms with van der Waals surface area (Å²) in [5.41, 5.74) is 12.2. The number of aryl methyl sites for hydroxylation is 1. The lowest BCUT2D eigenvalue weighted by Gasteiger charge is -2.41. The Hall–Kier alpha value is -2.94. The van der Waals surface area contributed by atoms with Gasteiger partial charge in [0.15, 0.2) is 11.4 Å². The predicted octanol–water partition coefficient (Wildman–Crippen LogP) is 5.62. The average Bonchev–Trinajstić information content (AvgIpc) is 3.37. The van der Waals surface area contributed by atoms with E-state index in [1.165, 1.54) is 0 Å². The van der Waals surface area contributed by atoms with Crippen molar-refractivity contribution in [2.75, 3.05) is 5.75 Å². The van der Waals surface area contributed by atoms with E-state index in [2.05, 4.69) is 48.3 Å². The Morgan fingerprint density at radius 1 is 0.946 bits per heavy atom. The van der Waals surface area contributed by atoms with E-state index in [9.17, 15) is 5.11 Å². The molecule has 0 saturated carbocycles. The molecule has 192 valence electrons. The summed E-state index contributed by atoms with van der Waals surface area (Å²) in [5.74, 6) is 0.892. The predicted molar refractivity (Wildman–Crippen MR) is 147 cm³/mol. The number of rotatable bonds is 8. The van der Waals surface area contributed by atoms with Gasteiger partial charge in [0, 0.05) is 43.2 Å². The molecule has 0 unspecified atom stereocenters. The van der Waals surface area contributed by atoms with Crippen molar-refractivity contribution in [1.82, 2.24) is 9.55 Å². The minimum atomic E-state index is -0.491. The fourth-order valence-corrected chi connectivity index (χ4v) is 5.76. The number of benzene rings is 3. The Balaban J connectivity index is 1.40. The molecule has 0 spiro atoms. The zero-order chi connectivity index (χ0) is 25.8. The highest BCUT2D eigenvalue weighted by molar-refractivity contribution is 7.99. The molecule has 1 aliphatic heterocycles. The summed E-state index contributed by atoms with van der Waals surface area (Å²) in [6.07, 6.45) is 3.10. The summed E-state index contributed by atoms with van der Waals surface area (Å²) in [4.78, 5) is 4.46. The van der Waals surface area contributed by atoms with Crippen molar-refractivity contribution in [1.29, 1.82) is 0 Å².